The number of rotatable bonds is 2. The highest BCUT2D eigenvalue weighted by atomic mass is 15.1. The molecule has 5 heteroatoms. The van der Waals surface area contributed by atoms with Crippen molar-refractivity contribution in [2.75, 3.05) is 5.32 Å². The van der Waals surface area contributed by atoms with Crippen LogP contribution in [-0.4, -0.2) is 9.38 Å². The molecule has 0 aliphatic heterocycles. The van der Waals surface area contributed by atoms with Crippen molar-refractivity contribution < 1.29 is 0 Å². The molecular weight excluding hydrogens is 346 g/mol. The first-order valence-electron chi connectivity index (χ1n) is 9.42. The molecule has 0 spiro atoms. The van der Waals surface area contributed by atoms with Crippen molar-refractivity contribution in [2.45, 2.75) is 25.7 Å². The zero-order chi connectivity index (χ0) is 19.1. The Morgan fingerprint density at radius 2 is 1.64 bits per heavy atom. The van der Waals surface area contributed by atoms with Crippen molar-refractivity contribution in [3.8, 4) is 12.1 Å². The summed E-state index contributed by atoms with van der Waals surface area (Å²) in [6.07, 6.45) is 4.04. The number of pyridine rings is 1. The Labute approximate surface area is 162 Å². The van der Waals surface area contributed by atoms with Gasteiger partial charge in [0.2, 0.25) is 0 Å². The number of hydrogen-bond donors (Lipinski definition) is 1. The molecule has 1 N–H and O–H groups in total. The van der Waals surface area contributed by atoms with Gasteiger partial charge < -0.3 is 5.32 Å². The van der Waals surface area contributed by atoms with Crippen LogP contribution in [0.1, 0.15) is 35.1 Å². The van der Waals surface area contributed by atoms with E-state index in [0.717, 1.165) is 53.8 Å². The Hall–Kier alpha value is -3.83. The molecule has 134 valence electrons. The molecule has 0 saturated carbocycles. The SMILES string of the molecule is N#Cc1ccc(Nc2c3c(c(C#N)c4nc5ccccc5n24)CCCC3)cc1. The Bertz CT molecular complexity index is 1300. The van der Waals surface area contributed by atoms with Gasteiger partial charge >= 0.3 is 0 Å². The molecular formula is C23H17N5. The molecule has 5 rings (SSSR count). The molecule has 4 aromatic rings. The average molecular weight is 363 g/mol. The number of nitrogens with one attached hydrogen (secondary N) is 1. The molecule has 28 heavy (non-hydrogen) atoms. The van der Waals surface area contributed by atoms with E-state index in [1.807, 2.05) is 48.5 Å². The minimum Gasteiger partial charge on any atom is -0.341 e. The van der Waals surface area contributed by atoms with Crippen LogP contribution in [-0.2, 0) is 12.8 Å². The zero-order valence-electron chi connectivity index (χ0n) is 15.2. The summed E-state index contributed by atoms with van der Waals surface area (Å²) in [4.78, 5) is 4.78. The molecule has 0 radical (unpaired) electrons. The number of nitriles is 2. The van der Waals surface area contributed by atoms with Gasteiger partial charge in [-0.05, 0) is 73.2 Å². The van der Waals surface area contributed by atoms with Crippen LogP contribution in [0.3, 0.4) is 0 Å². The number of fused-ring (bicyclic) bond motifs is 4. The summed E-state index contributed by atoms with van der Waals surface area (Å²) in [6.45, 7) is 0. The summed E-state index contributed by atoms with van der Waals surface area (Å²) in [5, 5.41) is 22.5. The molecule has 1 aliphatic rings. The molecule has 0 bridgehead atoms. The van der Waals surface area contributed by atoms with Gasteiger partial charge in [0.1, 0.15) is 11.9 Å². The summed E-state index contributed by atoms with van der Waals surface area (Å²) >= 11 is 0. The highest BCUT2D eigenvalue weighted by Gasteiger charge is 2.24. The fraction of sp³-hybridized carbons (Fsp3) is 0.174. The van der Waals surface area contributed by atoms with Gasteiger partial charge in [0.15, 0.2) is 5.65 Å². The van der Waals surface area contributed by atoms with Crippen LogP contribution in [0.15, 0.2) is 48.5 Å². The number of aromatic nitrogens is 2. The topological polar surface area (TPSA) is 76.9 Å². The lowest BCUT2D eigenvalue weighted by Gasteiger charge is -2.23. The van der Waals surface area contributed by atoms with Crippen LogP contribution in [0.25, 0.3) is 16.7 Å². The van der Waals surface area contributed by atoms with E-state index < -0.39 is 0 Å². The van der Waals surface area contributed by atoms with Crippen molar-refractivity contribution >= 4 is 28.2 Å². The van der Waals surface area contributed by atoms with E-state index in [1.165, 1.54) is 5.56 Å². The summed E-state index contributed by atoms with van der Waals surface area (Å²) in [6, 6.07) is 20.0. The highest BCUT2D eigenvalue weighted by Crippen LogP contribution is 2.36. The standard InChI is InChI=1S/C23H17N5/c24-13-15-9-11-16(12-10-15)26-22-18-6-2-1-5-17(18)19(14-25)23-27-20-7-3-4-8-21(20)28(22)23/h3-4,7-12,26H,1-2,5-6H2. The van der Waals surface area contributed by atoms with E-state index in [-0.39, 0.29) is 0 Å². The summed E-state index contributed by atoms with van der Waals surface area (Å²) in [7, 11) is 0. The maximum Gasteiger partial charge on any atom is 0.157 e. The fourth-order valence-corrected chi connectivity index (χ4v) is 4.15. The number of benzene rings is 2. The average Bonchev–Trinajstić information content (AvgIpc) is 3.13. The van der Waals surface area contributed by atoms with Crippen LogP contribution in [0, 0.1) is 22.7 Å². The number of imidazole rings is 1. The summed E-state index contributed by atoms with van der Waals surface area (Å²) in [5.74, 6) is 0.974. The van der Waals surface area contributed by atoms with Crippen molar-refractivity contribution in [2.24, 2.45) is 0 Å². The third-order valence-electron chi connectivity index (χ3n) is 5.45. The van der Waals surface area contributed by atoms with E-state index in [9.17, 15) is 5.26 Å². The molecule has 2 aromatic heterocycles. The van der Waals surface area contributed by atoms with Crippen LogP contribution in [0.4, 0.5) is 11.5 Å². The predicted octanol–water partition coefficient (Wildman–Crippen LogP) is 4.85. The maximum absolute atomic E-state index is 9.90. The number of nitrogens with zero attached hydrogens (tertiary/aromatic N) is 4. The van der Waals surface area contributed by atoms with E-state index in [1.54, 1.807) is 0 Å². The van der Waals surface area contributed by atoms with Crippen molar-refractivity contribution in [3.63, 3.8) is 0 Å². The van der Waals surface area contributed by atoms with Gasteiger partial charge in [0.25, 0.3) is 0 Å². The first-order valence-corrected chi connectivity index (χ1v) is 9.42. The van der Waals surface area contributed by atoms with Gasteiger partial charge in [-0.25, -0.2) is 4.98 Å². The molecule has 2 aromatic carbocycles. The van der Waals surface area contributed by atoms with Crippen molar-refractivity contribution in [1.29, 1.82) is 10.5 Å². The third kappa shape index (κ3) is 2.41. The summed E-state index contributed by atoms with van der Waals surface area (Å²) < 4.78 is 2.08. The zero-order valence-corrected chi connectivity index (χ0v) is 15.2. The fourth-order valence-electron chi connectivity index (χ4n) is 4.15. The smallest absolute Gasteiger partial charge is 0.157 e. The highest BCUT2D eigenvalue weighted by molar-refractivity contribution is 5.87. The van der Waals surface area contributed by atoms with Gasteiger partial charge in [-0.1, -0.05) is 12.1 Å². The van der Waals surface area contributed by atoms with Gasteiger partial charge in [-0.2, -0.15) is 10.5 Å². The van der Waals surface area contributed by atoms with E-state index in [0.29, 0.717) is 16.8 Å². The maximum atomic E-state index is 9.90. The van der Waals surface area contributed by atoms with Gasteiger partial charge in [-0.3, -0.25) is 4.40 Å². The first kappa shape index (κ1) is 16.4. The molecule has 0 fully saturated rings. The van der Waals surface area contributed by atoms with Gasteiger partial charge in [0, 0.05) is 5.69 Å². The molecule has 0 amide bonds. The number of anilines is 2. The first-order chi connectivity index (χ1) is 13.8. The monoisotopic (exact) mass is 363 g/mol. The van der Waals surface area contributed by atoms with E-state index in [2.05, 4.69) is 21.9 Å². The lowest BCUT2D eigenvalue weighted by atomic mass is 9.89. The Morgan fingerprint density at radius 3 is 2.39 bits per heavy atom. The second kappa shape index (κ2) is 6.40. The molecule has 0 unspecified atom stereocenters. The Kier molecular flexibility index (Phi) is 3.74. The Morgan fingerprint density at radius 1 is 0.893 bits per heavy atom. The molecule has 0 atom stereocenters. The lowest BCUT2D eigenvalue weighted by Crippen LogP contribution is -2.13. The molecule has 0 saturated heterocycles. The number of para-hydroxylation sites is 2. The van der Waals surface area contributed by atoms with Crippen LogP contribution >= 0.6 is 0 Å². The molecule has 2 heterocycles. The minimum atomic E-state index is 0.630. The number of hydrogen-bond acceptors (Lipinski definition) is 4. The van der Waals surface area contributed by atoms with Crippen molar-refractivity contribution in [3.05, 3.63) is 70.8 Å². The second-order valence-electron chi connectivity index (χ2n) is 7.07. The molecule has 5 nitrogen and oxygen atoms in total. The predicted molar refractivity (Wildman–Crippen MR) is 108 cm³/mol. The minimum absolute atomic E-state index is 0.630. The third-order valence-corrected chi connectivity index (χ3v) is 5.45. The van der Waals surface area contributed by atoms with Crippen LogP contribution < -0.4 is 5.32 Å². The van der Waals surface area contributed by atoms with Crippen LogP contribution in [0.2, 0.25) is 0 Å². The quantitative estimate of drug-likeness (QED) is 0.552. The summed E-state index contributed by atoms with van der Waals surface area (Å²) in [5.41, 5.74) is 7.12. The largest absolute Gasteiger partial charge is 0.341 e. The second-order valence-corrected chi connectivity index (χ2v) is 7.07. The van der Waals surface area contributed by atoms with Gasteiger partial charge in [0.05, 0.1) is 28.2 Å². The van der Waals surface area contributed by atoms with Crippen molar-refractivity contribution in [1.82, 2.24) is 9.38 Å². The van der Waals surface area contributed by atoms with E-state index in [4.69, 9.17) is 10.2 Å². The lowest BCUT2D eigenvalue weighted by molar-refractivity contribution is 0.682. The van der Waals surface area contributed by atoms with Gasteiger partial charge in [-0.15, -0.1) is 0 Å². The molecule has 1 aliphatic carbocycles. The normalized spacial score (nSPS) is 13.1. The van der Waals surface area contributed by atoms with Crippen LogP contribution in [0.5, 0.6) is 0 Å². The van der Waals surface area contributed by atoms with E-state index >= 15 is 0 Å². The Balaban J connectivity index is 1.83.